The van der Waals surface area contributed by atoms with Crippen LogP contribution in [0.25, 0.3) is 0 Å². The van der Waals surface area contributed by atoms with E-state index in [1.165, 1.54) is 20.3 Å². The van der Waals surface area contributed by atoms with Crippen LogP contribution in [-0.2, 0) is 10.0 Å². The molecule has 0 saturated heterocycles. The van der Waals surface area contributed by atoms with Gasteiger partial charge in [0.15, 0.2) is 0 Å². The highest BCUT2D eigenvalue weighted by Crippen LogP contribution is 2.27. The number of rotatable bonds is 6. The molecule has 0 amide bonds. The van der Waals surface area contributed by atoms with Gasteiger partial charge < -0.3 is 10.1 Å². The molecule has 2 rings (SSSR count). The van der Waals surface area contributed by atoms with Crippen molar-refractivity contribution < 1.29 is 13.2 Å². The second-order valence-corrected chi connectivity index (χ2v) is 7.43. The SMILES string of the molecule is COc1ccccc1[C@@H](C)Nc1ccc(S(=O)(=O)N(C)C)cn1. The van der Waals surface area contributed by atoms with Gasteiger partial charge in [-0.25, -0.2) is 17.7 Å². The van der Waals surface area contributed by atoms with E-state index in [4.69, 9.17) is 4.74 Å². The zero-order valence-electron chi connectivity index (χ0n) is 13.6. The van der Waals surface area contributed by atoms with Gasteiger partial charge in [-0.05, 0) is 25.1 Å². The highest BCUT2D eigenvalue weighted by atomic mass is 32.2. The molecule has 1 atom stereocenters. The summed E-state index contributed by atoms with van der Waals surface area (Å²) in [6.07, 6.45) is 1.35. The Bertz CT molecular complexity index is 758. The Morgan fingerprint density at radius 3 is 2.43 bits per heavy atom. The Balaban J connectivity index is 2.18. The molecule has 0 bridgehead atoms. The number of aromatic nitrogens is 1. The van der Waals surface area contributed by atoms with Gasteiger partial charge in [-0.2, -0.15) is 0 Å². The summed E-state index contributed by atoms with van der Waals surface area (Å²) in [5.74, 6) is 1.39. The normalized spacial score (nSPS) is 12.9. The lowest BCUT2D eigenvalue weighted by atomic mass is 10.1. The molecule has 0 aliphatic rings. The van der Waals surface area contributed by atoms with Crippen LogP contribution in [0.5, 0.6) is 5.75 Å². The minimum Gasteiger partial charge on any atom is -0.496 e. The van der Waals surface area contributed by atoms with E-state index >= 15 is 0 Å². The van der Waals surface area contributed by atoms with Crippen LogP contribution in [0.4, 0.5) is 5.82 Å². The van der Waals surface area contributed by atoms with Crippen LogP contribution in [0.2, 0.25) is 0 Å². The van der Waals surface area contributed by atoms with Crippen LogP contribution in [0, 0.1) is 0 Å². The minimum absolute atomic E-state index is 0.0324. The first-order valence-electron chi connectivity index (χ1n) is 7.14. The first kappa shape index (κ1) is 17.2. The largest absolute Gasteiger partial charge is 0.496 e. The summed E-state index contributed by atoms with van der Waals surface area (Å²) < 4.78 is 30.5. The summed E-state index contributed by atoms with van der Waals surface area (Å²) in [5.41, 5.74) is 1.00. The van der Waals surface area contributed by atoms with Gasteiger partial charge in [0.05, 0.1) is 13.2 Å². The number of benzene rings is 1. The van der Waals surface area contributed by atoms with Crippen LogP contribution in [0.15, 0.2) is 47.5 Å². The molecule has 1 aromatic heterocycles. The molecule has 1 heterocycles. The van der Waals surface area contributed by atoms with Crippen molar-refractivity contribution in [2.75, 3.05) is 26.5 Å². The van der Waals surface area contributed by atoms with Gasteiger partial charge in [0.1, 0.15) is 16.5 Å². The number of para-hydroxylation sites is 1. The summed E-state index contributed by atoms with van der Waals surface area (Å²) >= 11 is 0. The van der Waals surface area contributed by atoms with E-state index < -0.39 is 10.0 Å². The second-order valence-electron chi connectivity index (χ2n) is 5.27. The molecule has 0 spiro atoms. The van der Waals surface area contributed by atoms with Crippen molar-refractivity contribution in [2.24, 2.45) is 0 Å². The van der Waals surface area contributed by atoms with Gasteiger partial charge in [0, 0.05) is 25.9 Å². The molecular formula is C16H21N3O3S. The highest BCUT2D eigenvalue weighted by Gasteiger charge is 2.18. The Morgan fingerprint density at radius 2 is 1.87 bits per heavy atom. The molecular weight excluding hydrogens is 314 g/mol. The molecule has 2 aromatic rings. The zero-order valence-corrected chi connectivity index (χ0v) is 14.5. The van der Waals surface area contributed by atoms with Crippen LogP contribution in [0.1, 0.15) is 18.5 Å². The molecule has 1 N–H and O–H groups in total. The summed E-state index contributed by atoms with van der Waals surface area (Å²) in [6.45, 7) is 1.99. The van der Waals surface area contributed by atoms with Crippen molar-refractivity contribution in [3.05, 3.63) is 48.2 Å². The van der Waals surface area contributed by atoms with Gasteiger partial charge in [-0.3, -0.25) is 0 Å². The number of anilines is 1. The molecule has 0 aliphatic carbocycles. The maximum absolute atomic E-state index is 12.0. The van der Waals surface area contributed by atoms with E-state index in [0.29, 0.717) is 5.82 Å². The molecule has 0 radical (unpaired) electrons. The molecule has 0 aliphatic heterocycles. The van der Waals surface area contributed by atoms with Crippen molar-refractivity contribution >= 4 is 15.8 Å². The Kier molecular flexibility index (Phi) is 5.23. The molecule has 23 heavy (non-hydrogen) atoms. The number of ether oxygens (including phenoxy) is 1. The maximum atomic E-state index is 12.0. The predicted molar refractivity (Wildman–Crippen MR) is 90.1 cm³/mol. The molecule has 6 nitrogen and oxygen atoms in total. The summed E-state index contributed by atoms with van der Waals surface area (Å²) in [6, 6.07) is 10.9. The monoisotopic (exact) mass is 335 g/mol. The van der Waals surface area contributed by atoms with Crippen LogP contribution < -0.4 is 10.1 Å². The van der Waals surface area contributed by atoms with Crippen molar-refractivity contribution in [2.45, 2.75) is 17.9 Å². The number of pyridine rings is 1. The fourth-order valence-electron chi connectivity index (χ4n) is 2.15. The van der Waals surface area contributed by atoms with Crippen LogP contribution >= 0.6 is 0 Å². The van der Waals surface area contributed by atoms with Crippen LogP contribution in [0.3, 0.4) is 0 Å². The zero-order chi connectivity index (χ0) is 17.0. The third kappa shape index (κ3) is 3.80. The first-order valence-corrected chi connectivity index (χ1v) is 8.58. The van der Waals surface area contributed by atoms with Gasteiger partial charge >= 0.3 is 0 Å². The predicted octanol–water partition coefficient (Wildman–Crippen LogP) is 2.51. The van der Waals surface area contributed by atoms with Gasteiger partial charge in [-0.1, -0.05) is 18.2 Å². The highest BCUT2D eigenvalue weighted by molar-refractivity contribution is 7.89. The molecule has 0 unspecified atom stereocenters. The molecule has 0 saturated carbocycles. The van der Waals surface area contributed by atoms with E-state index in [-0.39, 0.29) is 10.9 Å². The maximum Gasteiger partial charge on any atom is 0.244 e. The topological polar surface area (TPSA) is 71.5 Å². The van der Waals surface area contributed by atoms with E-state index in [9.17, 15) is 8.42 Å². The van der Waals surface area contributed by atoms with Crippen LogP contribution in [-0.4, -0.2) is 38.9 Å². The van der Waals surface area contributed by atoms with Gasteiger partial charge in [0.25, 0.3) is 0 Å². The molecule has 7 heteroatoms. The molecule has 1 aromatic carbocycles. The number of hydrogen-bond acceptors (Lipinski definition) is 5. The van der Waals surface area contributed by atoms with Crippen molar-refractivity contribution in [1.29, 1.82) is 0 Å². The number of hydrogen-bond donors (Lipinski definition) is 1. The lowest BCUT2D eigenvalue weighted by Crippen LogP contribution is -2.22. The number of nitrogens with zero attached hydrogens (tertiary/aromatic N) is 2. The lowest BCUT2D eigenvalue weighted by molar-refractivity contribution is 0.408. The van der Waals surface area contributed by atoms with Gasteiger partial charge in [0.2, 0.25) is 10.0 Å². The Hall–Kier alpha value is -2.12. The number of methoxy groups -OCH3 is 1. The second kappa shape index (κ2) is 6.97. The van der Waals surface area contributed by atoms with Crippen molar-refractivity contribution in [1.82, 2.24) is 9.29 Å². The van der Waals surface area contributed by atoms with Crippen molar-refractivity contribution in [3.63, 3.8) is 0 Å². The summed E-state index contributed by atoms with van der Waals surface area (Å²) in [7, 11) is 1.15. The van der Waals surface area contributed by atoms with E-state index in [0.717, 1.165) is 15.6 Å². The number of nitrogens with one attached hydrogen (secondary N) is 1. The van der Waals surface area contributed by atoms with E-state index in [2.05, 4.69) is 10.3 Å². The third-order valence-corrected chi connectivity index (χ3v) is 5.28. The smallest absolute Gasteiger partial charge is 0.244 e. The van der Waals surface area contributed by atoms with Gasteiger partial charge in [-0.15, -0.1) is 0 Å². The average molecular weight is 335 g/mol. The fourth-order valence-corrected chi connectivity index (χ4v) is 3.00. The minimum atomic E-state index is -3.46. The number of sulfonamides is 1. The standard InChI is InChI=1S/C16H21N3O3S/c1-12(14-7-5-6-8-15(14)22-4)18-16-10-9-13(11-17-16)23(20,21)19(2)3/h5-12H,1-4H3,(H,17,18)/t12-/m1/s1. The fraction of sp³-hybridized carbons (Fsp3) is 0.312. The van der Waals surface area contributed by atoms with Crippen molar-refractivity contribution in [3.8, 4) is 5.75 Å². The first-order chi connectivity index (χ1) is 10.9. The van der Waals surface area contributed by atoms with E-state index in [1.807, 2.05) is 31.2 Å². The Labute approximate surface area is 137 Å². The quantitative estimate of drug-likeness (QED) is 0.878. The Morgan fingerprint density at radius 1 is 1.17 bits per heavy atom. The molecule has 0 fully saturated rings. The average Bonchev–Trinajstić information content (AvgIpc) is 2.55. The summed E-state index contributed by atoms with van der Waals surface area (Å²) in [5, 5.41) is 3.24. The summed E-state index contributed by atoms with van der Waals surface area (Å²) in [4.78, 5) is 4.36. The molecule has 124 valence electrons. The van der Waals surface area contributed by atoms with E-state index in [1.54, 1.807) is 19.2 Å². The third-order valence-electron chi connectivity index (χ3n) is 3.48. The lowest BCUT2D eigenvalue weighted by Gasteiger charge is -2.18.